The van der Waals surface area contributed by atoms with E-state index in [2.05, 4.69) is 15.3 Å². The maximum atomic E-state index is 11.8. The summed E-state index contributed by atoms with van der Waals surface area (Å²) < 4.78 is 0. The van der Waals surface area contributed by atoms with Crippen LogP contribution in [0.1, 0.15) is 28.9 Å². The number of carbonyl (C=O) groups is 1. The molecule has 1 aliphatic heterocycles. The summed E-state index contributed by atoms with van der Waals surface area (Å²) in [6.45, 7) is 5.37. The number of anilines is 1. The molecule has 4 heterocycles. The molecule has 0 radical (unpaired) electrons. The van der Waals surface area contributed by atoms with Gasteiger partial charge in [-0.05, 0) is 25.5 Å². The topological polar surface area (TPSA) is 83.9 Å². The van der Waals surface area contributed by atoms with Crippen molar-refractivity contribution in [3.8, 4) is 11.5 Å². The summed E-state index contributed by atoms with van der Waals surface area (Å²) in [4.78, 5) is 31.9. The fourth-order valence-electron chi connectivity index (χ4n) is 3.10. The highest BCUT2D eigenvalue weighted by Crippen LogP contribution is 2.27. The normalized spacial score (nSPS) is 13.3. The third kappa shape index (κ3) is 3.80. The van der Waals surface area contributed by atoms with Crippen molar-refractivity contribution in [1.29, 1.82) is 0 Å². The Labute approximate surface area is 161 Å². The van der Waals surface area contributed by atoms with E-state index in [1.165, 1.54) is 0 Å². The number of carbonyl (C=O) groups excluding carboxylic acids is 1. The molecule has 27 heavy (non-hydrogen) atoms. The molecule has 0 atom stereocenters. The predicted molar refractivity (Wildman–Crippen MR) is 104 cm³/mol. The number of nitrogens with one attached hydrogen (secondary N) is 1. The van der Waals surface area contributed by atoms with E-state index in [0.29, 0.717) is 31.2 Å². The Kier molecular flexibility index (Phi) is 4.81. The van der Waals surface area contributed by atoms with Gasteiger partial charge in [0.25, 0.3) is 0 Å². The second kappa shape index (κ2) is 7.40. The molecule has 3 aromatic heterocycles. The first-order valence-corrected chi connectivity index (χ1v) is 9.69. The van der Waals surface area contributed by atoms with Gasteiger partial charge in [0.15, 0.2) is 5.82 Å². The summed E-state index contributed by atoms with van der Waals surface area (Å²) in [7, 11) is 0. The Morgan fingerprint density at radius 1 is 1.30 bits per heavy atom. The van der Waals surface area contributed by atoms with E-state index in [0.717, 1.165) is 34.2 Å². The molecule has 0 bridgehead atoms. The predicted octanol–water partition coefficient (Wildman–Crippen LogP) is 2.82. The number of hydrogen-bond acceptors (Lipinski definition) is 7. The van der Waals surface area contributed by atoms with Gasteiger partial charge in [0.05, 0.1) is 18.8 Å². The van der Waals surface area contributed by atoms with E-state index in [4.69, 9.17) is 9.97 Å². The van der Waals surface area contributed by atoms with Crippen LogP contribution >= 0.6 is 11.3 Å². The first-order valence-electron chi connectivity index (χ1n) is 8.82. The van der Waals surface area contributed by atoms with Gasteiger partial charge >= 0.3 is 0 Å². The lowest BCUT2D eigenvalue weighted by atomic mass is 10.0. The molecular formula is C19H20N6OS. The molecular weight excluding hydrogens is 360 g/mol. The number of rotatable bonds is 4. The lowest BCUT2D eigenvalue weighted by Crippen LogP contribution is -2.35. The monoisotopic (exact) mass is 380 g/mol. The molecule has 1 aliphatic rings. The second-order valence-corrected chi connectivity index (χ2v) is 7.41. The number of thiazole rings is 1. The Hall–Kier alpha value is -2.87. The highest BCUT2D eigenvalue weighted by atomic mass is 32.1. The summed E-state index contributed by atoms with van der Waals surface area (Å²) in [6.07, 6.45) is 2.46. The first kappa shape index (κ1) is 17.5. The van der Waals surface area contributed by atoms with Gasteiger partial charge < -0.3 is 10.2 Å². The minimum atomic E-state index is 0.0615. The molecule has 1 amide bonds. The minimum Gasteiger partial charge on any atom is -0.363 e. The van der Waals surface area contributed by atoms with Crippen molar-refractivity contribution in [2.45, 2.75) is 33.4 Å². The maximum absolute atomic E-state index is 11.8. The van der Waals surface area contributed by atoms with Gasteiger partial charge in [-0.3, -0.25) is 9.78 Å². The second-order valence-electron chi connectivity index (χ2n) is 6.46. The van der Waals surface area contributed by atoms with Crippen LogP contribution in [-0.2, 0) is 24.3 Å². The van der Waals surface area contributed by atoms with Crippen LogP contribution in [0.2, 0.25) is 0 Å². The quantitative estimate of drug-likeness (QED) is 0.749. The molecule has 0 saturated carbocycles. The molecule has 0 aromatic carbocycles. The zero-order valence-corrected chi connectivity index (χ0v) is 16.1. The van der Waals surface area contributed by atoms with Crippen LogP contribution in [0, 0.1) is 6.92 Å². The fraction of sp³-hybridized carbons (Fsp3) is 0.316. The van der Waals surface area contributed by atoms with Gasteiger partial charge in [-0.15, -0.1) is 11.3 Å². The van der Waals surface area contributed by atoms with Crippen molar-refractivity contribution < 1.29 is 4.79 Å². The summed E-state index contributed by atoms with van der Waals surface area (Å²) in [6, 6.07) is 5.67. The smallest absolute Gasteiger partial charge is 0.219 e. The van der Waals surface area contributed by atoms with Crippen LogP contribution in [0.25, 0.3) is 11.5 Å². The van der Waals surface area contributed by atoms with E-state index in [1.54, 1.807) is 24.5 Å². The van der Waals surface area contributed by atoms with Crippen LogP contribution in [0.5, 0.6) is 0 Å². The number of pyridine rings is 1. The third-order valence-electron chi connectivity index (χ3n) is 4.48. The first-order chi connectivity index (χ1) is 13.1. The molecule has 0 unspecified atom stereocenters. The van der Waals surface area contributed by atoms with Crippen LogP contribution in [0.3, 0.4) is 0 Å². The lowest BCUT2D eigenvalue weighted by Gasteiger charge is -2.28. The van der Waals surface area contributed by atoms with Crippen LogP contribution in [-0.4, -0.2) is 37.3 Å². The van der Waals surface area contributed by atoms with Crippen molar-refractivity contribution in [2.24, 2.45) is 0 Å². The van der Waals surface area contributed by atoms with Crippen molar-refractivity contribution in [2.75, 3.05) is 11.9 Å². The Balaban J connectivity index is 1.70. The van der Waals surface area contributed by atoms with Gasteiger partial charge in [0.1, 0.15) is 16.5 Å². The molecule has 8 heteroatoms. The molecule has 3 aromatic rings. The van der Waals surface area contributed by atoms with Gasteiger partial charge in [0, 0.05) is 36.3 Å². The zero-order valence-electron chi connectivity index (χ0n) is 15.3. The SMILES string of the molecule is CC(=O)N1CCc2c(nc(-c3ccccn3)nc2NCc2nc(C)cs2)C1. The van der Waals surface area contributed by atoms with E-state index in [9.17, 15) is 4.79 Å². The van der Waals surface area contributed by atoms with Crippen molar-refractivity contribution >= 4 is 23.1 Å². The van der Waals surface area contributed by atoms with Gasteiger partial charge in [-0.1, -0.05) is 6.07 Å². The van der Waals surface area contributed by atoms with Crippen LogP contribution in [0.4, 0.5) is 5.82 Å². The lowest BCUT2D eigenvalue weighted by molar-refractivity contribution is -0.129. The molecule has 0 saturated heterocycles. The van der Waals surface area contributed by atoms with Crippen molar-refractivity contribution in [3.63, 3.8) is 0 Å². The van der Waals surface area contributed by atoms with Gasteiger partial charge in [-0.2, -0.15) is 0 Å². The summed E-state index contributed by atoms with van der Waals surface area (Å²) in [5.74, 6) is 1.43. The molecule has 4 rings (SSSR count). The average Bonchev–Trinajstić information content (AvgIpc) is 3.11. The summed E-state index contributed by atoms with van der Waals surface area (Å²) >= 11 is 1.63. The van der Waals surface area contributed by atoms with Crippen LogP contribution < -0.4 is 5.32 Å². The Bertz CT molecular complexity index is 972. The molecule has 0 spiro atoms. The summed E-state index contributed by atoms with van der Waals surface area (Å²) in [5, 5.41) is 6.47. The van der Waals surface area contributed by atoms with Gasteiger partial charge in [0.2, 0.25) is 5.91 Å². The Morgan fingerprint density at radius 2 is 2.19 bits per heavy atom. The highest BCUT2D eigenvalue weighted by Gasteiger charge is 2.24. The van der Waals surface area contributed by atoms with Crippen molar-refractivity contribution in [3.05, 3.63) is 51.7 Å². The Morgan fingerprint density at radius 3 is 2.89 bits per heavy atom. The van der Waals surface area contributed by atoms with E-state index >= 15 is 0 Å². The molecule has 7 nitrogen and oxygen atoms in total. The largest absolute Gasteiger partial charge is 0.363 e. The number of aromatic nitrogens is 4. The van der Waals surface area contributed by atoms with Crippen LogP contribution in [0.15, 0.2) is 29.8 Å². The number of fused-ring (bicyclic) bond motifs is 1. The van der Waals surface area contributed by atoms with E-state index in [1.807, 2.05) is 35.4 Å². The molecule has 1 N–H and O–H groups in total. The number of nitrogens with zero attached hydrogens (tertiary/aromatic N) is 5. The molecule has 0 aliphatic carbocycles. The summed E-state index contributed by atoms with van der Waals surface area (Å²) in [5.41, 5.74) is 3.69. The maximum Gasteiger partial charge on any atom is 0.219 e. The average molecular weight is 380 g/mol. The molecule has 0 fully saturated rings. The number of hydrogen-bond donors (Lipinski definition) is 1. The zero-order chi connectivity index (χ0) is 18.8. The van der Waals surface area contributed by atoms with Crippen molar-refractivity contribution in [1.82, 2.24) is 24.8 Å². The number of amides is 1. The standard InChI is InChI=1S/C19H20N6OS/c1-12-11-27-17(22-12)9-21-18-14-6-8-25(13(2)26)10-16(14)23-19(24-18)15-5-3-4-7-20-15/h3-5,7,11H,6,8-10H2,1-2H3,(H,21,23,24). The third-order valence-corrected chi connectivity index (χ3v) is 5.44. The highest BCUT2D eigenvalue weighted by molar-refractivity contribution is 7.09. The van der Waals surface area contributed by atoms with E-state index < -0.39 is 0 Å². The number of aryl methyl sites for hydroxylation is 1. The fourth-order valence-corrected chi connectivity index (χ4v) is 3.81. The van der Waals surface area contributed by atoms with E-state index in [-0.39, 0.29) is 5.91 Å². The molecule has 138 valence electrons. The van der Waals surface area contributed by atoms with Gasteiger partial charge in [-0.25, -0.2) is 15.0 Å². The minimum absolute atomic E-state index is 0.0615.